The summed E-state index contributed by atoms with van der Waals surface area (Å²) in [4.78, 5) is 0. The molecule has 0 saturated heterocycles. The van der Waals surface area contributed by atoms with Gasteiger partial charge in [0.15, 0.2) is 0 Å². The molecule has 140 valence electrons. The van der Waals surface area contributed by atoms with Crippen molar-refractivity contribution >= 4 is 6.08 Å². The molecule has 0 aliphatic carbocycles. The van der Waals surface area contributed by atoms with Gasteiger partial charge in [0.2, 0.25) is 5.41 Å². The van der Waals surface area contributed by atoms with Crippen molar-refractivity contribution in [2.45, 2.75) is 24.7 Å². The van der Waals surface area contributed by atoms with Gasteiger partial charge in [-0.3, -0.25) is 0 Å². The van der Waals surface area contributed by atoms with E-state index < -0.39 is 40.4 Å². The van der Waals surface area contributed by atoms with Crippen LogP contribution in [-0.2, 0) is 5.41 Å². The van der Waals surface area contributed by atoms with Gasteiger partial charge in [-0.2, -0.15) is 26.3 Å². The SMILES string of the molecule is C=Cc1cc(C(c2ccc(O)c(C)c2)(C(F)(F)F)C(F)(F)F)ccc1O. The normalized spacial score (nSPS) is 12.9. The molecule has 0 bridgehead atoms. The first-order valence-electron chi connectivity index (χ1n) is 7.25. The second-order valence-corrected chi connectivity index (χ2v) is 5.72. The maximum atomic E-state index is 13.9. The Morgan fingerprint density at radius 1 is 0.808 bits per heavy atom. The first-order chi connectivity index (χ1) is 11.9. The summed E-state index contributed by atoms with van der Waals surface area (Å²) in [5.41, 5.74) is -6.95. The Bertz CT molecular complexity index is 823. The Hall–Kier alpha value is -2.64. The van der Waals surface area contributed by atoms with Crippen molar-refractivity contribution in [3.63, 3.8) is 0 Å². The van der Waals surface area contributed by atoms with E-state index in [0.717, 1.165) is 18.2 Å². The van der Waals surface area contributed by atoms with Crippen molar-refractivity contribution in [1.82, 2.24) is 0 Å². The van der Waals surface area contributed by atoms with Gasteiger partial charge in [-0.15, -0.1) is 0 Å². The van der Waals surface area contributed by atoms with Crippen LogP contribution in [0.3, 0.4) is 0 Å². The van der Waals surface area contributed by atoms with Crippen molar-refractivity contribution in [2.75, 3.05) is 0 Å². The van der Waals surface area contributed by atoms with E-state index in [-0.39, 0.29) is 11.1 Å². The van der Waals surface area contributed by atoms with Gasteiger partial charge in [0.25, 0.3) is 0 Å². The number of halogens is 6. The van der Waals surface area contributed by atoms with Crippen molar-refractivity contribution in [2.24, 2.45) is 0 Å². The first-order valence-corrected chi connectivity index (χ1v) is 7.25. The van der Waals surface area contributed by atoms with E-state index in [0.29, 0.717) is 24.3 Å². The number of rotatable bonds is 3. The zero-order valence-corrected chi connectivity index (χ0v) is 13.4. The molecule has 0 atom stereocenters. The molecule has 2 nitrogen and oxygen atoms in total. The predicted octanol–water partition coefficient (Wildman–Crippen LogP) is 5.46. The molecule has 0 fully saturated rings. The third-order valence-corrected chi connectivity index (χ3v) is 4.16. The highest BCUT2D eigenvalue weighted by atomic mass is 19.4. The summed E-state index contributed by atoms with van der Waals surface area (Å²) in [5, 5.41) is 19.1. The van der Waals surface area contributed by atoms with Crippen LogP contribution in [0.1, 0.15) is 22.3 Å². The van der Waals surface area contributed by atoms with Crippen LogP contribution in [0.5, 0.6) is 11.5 Å². The Morgan fingerprint density at radius 3 is 1.69 bits per heavy atom. The fourth-order valence-electron chi connectivity index (χ4n) is 2.82. The van der Waals surface area contributed by atoms with E-state index in [9.17, 15) is 36.6 Å². The highest BCUT2D eigenvalue weighted by Gasteiger charge is 2.72. The average Bonchev–Trinajstić information content (AvgIpc) is 2.50. The standard InChI is InChI=1S/C18H14F6O2/c1-3-11-9-13(5-7-15(11)26)16(17(19,20)21,18(22,23)24)12-4-6-14(25)10(2)8-12/h3-9,25-26H,1H2,2H3. The summed E-state index contributed by atoms with van der Waals surface area (Å²) < 4.78 is 83.6. The molecule has 26 heavy (non-hydrogen) atoms. The third-order valence-electron chi connectivity index (χ3n) is 4.16. The molecule has 2 N–H and O–H groups in total. The second-order valence-electron chi connectivity index (χ2n) is 5.72. The van der Waals surface area contributed by atoms with E-state index in [1.807, 2.05) is 0 Å². The number of benzene rings is 2. The van der Waals surface area contributed by atoms with Crippen LogP contribution in [0.25, 0.3) is 6.08 Å². The molecule has 0 aliphatic heterocycles. The Morgan fingerprint density at radius 2 is 1.27 bits per heavy atom. The number of hydrogen-bond acceptors (Lipinski definition) is 2. The van der Waals surface area contributed by atoms with Crippen molar-refractivity contribution < 1.29 is 36.6 Å². The smallest absolute Gasteiger partial charge is 0.411 e. The zero-order chi connectivity index (χ0) is 19.9. The molecule has 0 spiro atoms. The van der Waals surface area contributed by atoms with E-state index in [1.165, 1.54) is 6.92 Å². The van der Waals surface area contributed by atoms with Crippen molar-refractivity contribution in [1.29, 1.82) is 0 Å². The lowest BCUT2D eigenvalue weighted by Crippen LogP contribution is -2.54. The van der Waals surface area contributed by atoms with Gasteiger partial charge in [0.05, 0.1) is 0 Å². The van der Waals surface area contributed by atoms with Crippen molar-refractivity contribution in [3.8, 4) is 11.5 Å². The van der Waals surface area contributed by atoms with Crippen LogP contribution in [0.4, 0.5) is 26.3 Å². The minimum absolute atomic E-state index is 0.136. The number of alkyl halides is 6. The summed E-state index contributed by atoms with van der Waals surface area (Å²) in [6.45, 7) is 4.48. The van der Waals surface area contributed by atoms with Gasteiger partial charge in [0.1, 0.15) is 11.5 Å². The van der Waals surface area contributed by atoms with E-state index in [4.69, 9.17) is 0 Å². The molecule has 0 aliphatic rings. The molecule has 2 aromatic carbocycles. The quantitative estimate of drug-likeness (QED) is 0.699. The lowest BCUT2D eigenvalue weighted by atomic mass is 9.72. The van der Waals surface area contributed by atoms with Crippen LogP contribution >= 0.6 is 0 Å². The highest BCUT2D eigenvalue weighted by molar-refractivity contribution is 5.59. The summed E-state index contributed by atoms with van der Waals surface area (Å²) in [5.74, 6) is -0.923. The molecule has 0 radical (unpaired) electrons. The molecule has 0 amide bonds. The Kier molecular flexibility index (Phi) is 4.74. The lowest BCUT2D eigenvalue weighted by Gasteiger charge is -2.38. The van der Waals surface area contributed by atoms with Crippen LogP contribution in [0.2, 0.25) is 0 Å². The number of hydrogen-bond donors (Lipinski definition) is 2. The Labute approximate surface area is 145 Å². The van der Waals surface area contributed by atoms with Crippen LogP contribution < -0.4 is 0 Å². The van der Waals surface area contributed by atoms with Gasteiger partial charge in [-0.1, -0.05) is 30.9 Å². The second kappa shape index (κ2) is 6.26. The molecule has 2 aromatic rings. The van der Waals surface area contributed by atoms with E-state index in [1.54, 1.807) is 0 Å². The third kappa shape index (κ3) is 2.89. The maximum absolute atomic E-state index is 13.9. The summed E-state index contributed by atoms with van der Waals surface area (Å²) in [6, 6.07) is 3.95. The van der Waals surface area contributed by atoms with Gasteiger partial charge in [0, 0.05) is 5.56 Å². The van der Waals surface area contributed by atoms with E-state index in [2.05, 4.69) is 6.58 Å². The molecule has 8 heteroatoms. The fraction of sp³-hybridized carbons (Fsp3) is 0.222. The summed E-state index contributed by atoms with van der Waals surface area (Å²) >= 11 is 0. The number of phenolic OH excluding ortho intramolecular Hbond substituents is 2. The molecular formula is C18H14F6O2. The minimum atomic E-state index is -5.75. The molecule has 0 unspecified atom stereocenters. The minimum Gasteiger partial charge on any atom is -0.508 e. The highest BCUT2D eigenvalue weighted by Crippen LogP contribution is 2.56. The zero-order valence-electron chi connectivity index (χ0n) is 13.4. The van der Waals surface area contributed by atoms with Crippen LogP contribution in [-0.4, -0.2) is 22.6 Å². The maximum Gasteiger partial charge on any atom is 0.411 e. The van der Waals surface area contributed by atoms with Crippen molar-refractivity contribution in [3.05, 3.63) is 65.2 Å². The number of phenols is 2. The molecular weight excluding hydrogens is 362 g/mol. The van der Waals surface area contributed by atoms with Crippen LogP contribution in [0, 0.1) is 6.92 Å². The molecule has 0 heterocycles. The monoisotopic (exact) mass is 376 g/mol. The fourth-order valence-corrected chi connectivity index (χ4v) is 2.82. The topological polar surface area (TPSA) is 40.5 Å². The van der Waals surface area contributed by atoms with Gasteiger partial charge >= 0.3 is 12.4 Å². The van der Waals surface area contributed by atoms with Gasteiger partial charge < -0.3 is 10.2 Å². The lowest BCUT2D eigenvalue weighted by molar-refractivity contribution is -0.288. The van der Waals surface area contributed by atoms with E-state index >= 15 is 0 Å². The average molecular weight is 376 g/mol. The first kappa shape index (κ1) is 19.7. The Balaban J connectivity index is 2.98. The largest absolute Gasteiger partial charge is 0.508 e. The number of aromatic hydroxyl groups is 2. The van der Waals surface area contributed by atoms with Gasteiger partial charge in [-0.25, -0.2) is 0 Å². The van der Waals surface area contributed by atoms with Crippen LogP contribution in [0.15, 0.2) is 43.0 Å². The molecule has 0 aromatic heterocycles. The summed E-state index contributed by atoms with van der Waals surface area (Å²) in [7, 11) is 0. The molecule has 2 rings (SSSR count). The number of aryl methyl sites for hydroxylation is 1. The predicted molar refractivity (Wildman–Crippen MR) is 83.9 cm³/mol. The van der Waals surface area contributed by atoms with Gasteiger partial charge in [-0.05, 0) is 41.8 Å². The summed E-state index contributed by atoms with van der Waals surface area (Å²) in [6.07, 6.45) is -10.5. The molecule has 0 saturated carbocycles.